The number of halogens is 16. The molecule has 0 N–H and O–H groups in total. The number of terminal acetylenes is 2. The van der Waals surface area contributed by atoms with Crippen molar-refractivity contribution in [1.82, 2.24) is 0 Å². The van der Waals surface area contributed by atoms with E-state index >= 15 is 70.2 Å². The Hall–Kier alpha value is -8.35. The first kappa shape index (κ1) is 49.6. The summed E-state index contributed by atoms with van der Waals surface area (Å²) in [5.41, 5.74) is -9.57. The number of hydrogen-bond donors (Lipinski definition) is 0. The third-order valence-electron chi connectivity index (χ3n) is 9.45. The Bertz CT molecular complexity index is 3470. The summed E-state index contributed by atoms with van der Waals surface area (Å²) in [6.45, 7) is 0. The van der Waals surface area contributed by atoms with Crippen LogP contribution in [0.2, 0.25) is 0 Å². The lowest BCUT2D eigenvalue weighted by atomic mass is 10.0. The van der Waals surface area contributed by atoms with Crippen molar-refractivity contribution in [2.75, 3.05) is 0 Å². The SMILES string of the molecule is C#Cc1cccc(Oc2c(F)c(F)c(-c3c(F)c(F)c(Oc4ccc(Oc5c(F)c(F)c(-c6c(F)c(F)c(Oc7cccc(C#C)c7)c(F)c6F)c(F)c5F)c(S(=O)(=O)[O-])c4)c(F)c3F)c(F)c2F)c1. The Balaban J connectivity index is 1.24. The molecule has 0 fully saturated rings. The maximum Gasteiger partial charge on any atom is 0.205 e. The van der Waals surface area contributed by atoms with Gasteiger partial charge < -0.3 is 23.5 Å². The van der Waals surface area contributed by atoms with E-state index in [2.05, 4.69) is 21.3 Å². The fraction of sp³-hybridized carbons (Fsp3) is 0. The van der Waals surface area contributed by atoms with Crippen LogP contribution in [-0.2, 0) is 10.1 Å². The fourth-order valence-electron chi connectivity index (χ4n) is 6.28. The lowest BCUT2D eigenvalue weighted by Gasteiger charge is -2.19. The van der Waals surface area contributed by atoms with Crippen molar-refractivity contribution < 1.29 is 102 Å². The highest BCUT2D eigenvalue weighted by Gasteiger charge is 2.38. The van der Waals surface area contributed by atoms with Gasteiger partial charge in [0.2, 0.25) is 69.5 Å². The standard InChI is InChI=1S/C46H14F16O7S/c1-3-16-7-5-9-18(13-16)66-43-35(55)27(47)23(28(48)36(43)56)24-31(51)39(59)45(40(60)32(24)52)68-20-11-12-21(22(15-20)70(63,64)65)69-46-41(61)33(53)26(34(54)42(46)62)25-29(49)37(57)44(38(58)30(25)50)67-19-10-6-8-17(4-2)14-19/h1-2,5-15H,(H,63,64,65)/p-1. The number of hydrogen-bond acceptors (Lipinski definition) is 7. The van der Waals surface area contributed by atoms with Crippen molar-refractivity contribution in [2.24, 2.45) is 0 Å². The first-order valence-electron chi connectivity index (χ1n) is 18.3. The monoisotopic (exact) mass is 1010 g/mol. The van der Waals surface area contributed by atoms with Crippen LogP contribution in [0.3, 0.4) is 0 Å². The summed E-state index contributed by atoms with van der Waals surface area (Å²) in [7, 11) is -6.14. The summed E-state index contributed by atoms with van der Waals surface area (Å²) in [4.78, 5) is -1.93. The molecule has 24 heteroatoms. The van der Waals surface area contributed by atoms with E-state index < -0.39 is 176 Å². The molecular weight excluding hydrogens is 1000 g/mol. The molecule has 0 saturated carbocycles. The predicted molar refractivity (Wildman–Crippen MR) is 207 cm³/mol. The van der Waals surface area contributed by atoms with Crippen LogP contribution in [0.4, 0.5) is 70.2 Å². The molecule has 0 atom stereocenters. The van der Waals surface area contributed by atoms with Crippen LogP contribution in [-0.4, -0.2) is 13.0 Å². The van der Waals surface area contributed by atoms with Crippen LogP contribution < -0.4 is 18.9 Å². The molecule has 7 aromatic carbocycles. The van der Waals surface area contributed by atoms with Crippen molar-refractivity contribution in [3.63, 3.8) is 0 Å². The quantitative estimate of drug-likeness (QED) is 0.0551. The zero-order valence-corrected chi connectivity index (χ0v) is 34.1. The molecule has 0 aliphatic rings. The van der Waals surface area contributed by atoms with Gasteiger partial charge in [0.15, 0.2) is 46.5 Å². The van der Waals surface area contributed by atoms with Gasteiger partial charge in [-0.2, -0.15) is 35.1 Å². The van der Waals surface area contributed by atoms with Gasteiger partial charge >= 0.3 is 0 Å². The van der Waals surface area contributed by atoms with Crippen molar-refractivity contribution in [1.29, 1.82) is 0 Å². The highest BCUT2D eigenvalue weighted by atomic mass is 32.2. The highest BCUT2D eigenvalue weighted by molar-refractivity contribution is 7.85. The zero-order chi connectivity index (χ0) is 51.4. The molecule has 7 rings (SSSR count). The van der Waals surface area contributed by atoms with Gasteiger partial charge in [0, 0.05) is 17.2 Å². The normalized spacial score (nSPS) is 11.3. The molecule has 7 aromatic rings. The average Bonchev–Trinajstić information content (AvgIpc) is 3.34. The Labute approximate surface area is 380 Å². The van der Waals surface area contributed by atoms with Gasteiger partial charge in [-0.25, -0.2) is 43.5 Å². The Morgan fingerprint density at radius 2 is 0.643 bits per heavy atom. The van der Waals surface area contributed by atoms with Gasteiger partial charge in [-0.05, 0) is 48.5 Å². The number of rotatable bonds is 11. The lowest BCUT2D eigenvalue weighted by Crippen LogP contribution is -2.10. The molecule has 0 aliphatic heterocycles. The molecule has 0 radical (unpaired) electrons. The zero-order valence-electron chi connectivity index (χ0n) is 33.3. The second kappa shape index (κ2) is 18.6. The molecule has 0 amide bonds. The Morgan fingerprint density at radius 1 is 0.371 bits per heavy atom. The summed E-state index contributed by atoms with van der Waals surface area (Å²) in [6, 6.07) is 9.08. The largest absolute Gasteiger partial charge is 0.744 e. The molecule has 7 nitrogen and oxygen atoms in total. The summed E-state index contributed by atoms with van der Waals surface area (Å²) in [5, 5.41) is 0. The molecule has 0 bridgehead atoms. The molecule has 0 heterocycles. The lowest BCUT2D eigenvalue weighted by molar-refractivity contribution is 0.353. The van der Waals surface area contributed by atoms with Crippen LogP contribution in [0.25, 0.3) is 22.3 Å². The average molecular weight is 1010 g/mol. The van der Waals surface area contributed by atoms with Crippen LogP contribution in [0.1, 0.15) is 11.1 Å². The molecule has 0 saturated heterocycles. The minimum absolute atomic E-state index is 0.0368. The fourth-order valence-corrected chi connectivity index (χ4v) is 6.89. The van der Waals surface area contributed by atoms with Gasteiger partial charge in [0.05, 0.1) is 22.3 Å². The van der Waals surface area contributed by atoms with E-state index in [0.29, 0.717) is 0 Å². The van der Waals surface area contributed by atoms with E-state index in [1.165, 1.54) is 24.3 Å². The summed E-state index contributed by atoms with van der Waals surface area (Å²) < 4.78 is 300. The topological polar surface area (TPSA) is 94.1 Å². The van der Waals surface area contributed by atoms with E-state index in [1.807, 2.05) is 0 Å². The summed E-state index contributed by atoms with van der Waals surface area (Å²) in [5.74, 6) is -51.4. The molecule has 0 aromatic heterocycles. The van der Waals surface area contributed by atoms with Gasteiger partial charge in [0.1, 0.15) is 38.0 Å². The summed E-state index contributed by atoms with van der Waals surface area (Å²) in [6.07, 6.45) is 10.4. The van der Waals surface area contributed by atoms with Crippen molar-refractivity contribution >= 4 is 10.1 Å². The summed E-state index contributed by atoms with van der Waals surface area (Å²) >= 11 is 0. The Kier molecular flexibility index (Phi) is 13.2. The molecule has 0 aliphatic carbocycles. The minimum Gasteiger partial charge on any atom is -0.744 e. The third-order valence-corrected chi connectivity index (χ3v) is 10.3. The smallest absolute Gasteiger partial charge is 0.205 e. The van der Waals surface area contributed by atoms with Gasteiger partial charge in [0.25, 0.3) is 0 Å². The van der Waals surface area contributed by atoms with Crippen LogP contribution in [0, 0.1) is 118 Å². The second-order valence-corrected chi connectivity index (χ2v) is 15.0. The van der Waals surface area contributed by atoms with E-state index in [-0.39, 0.29) is 29.3 Å². The molecule has 358 valence electrons. The third kappa shape index (κ3) is 8.58. The van der Waals surface area contributed by atoms with Crippen LogP contribution >= 0.6 is 0 Å². The predicted octanol–water partition coefficient (Wildman–Crippen LogP) is 13.3. The number of ether oxygens (including phenoxy) is 4. The van der Waals surface area contributed by atoms with E-state index in [1.54, 1.807) is 0 Å². The molecule has 70 heavy (non-hydrogen) atoms. The highest BCUT2D eigenvalue weighted by Crippen LogP contribution is 2.47. The van der Waals surface area contributed by atoms with Gasteiger partial charge in [-0.3, -0.25) is 0 Å². The van der Waals surface area contributed by atoms with Gasteiger partial charge in [-0.1, -0.05) is 24.0 Å². The second-order valence-electron chi connectivity index (χ2n) is 13.7. The number of benzene rings is 7. The van der Waals surface area contributed by atoms with E-state index in [9.17, 15) is 13.0 Å². The molecule has 0 spiro atoms. The molecular formula is C46H13F16O7S-. The van der Waals surface area contributed by atoms with E-state index in [4.69, 9.17) is 22.3 Å². The van der Waals surface area contributed by atoms with Crippen LogP contribution in [0.15, 0.2) is 71.6 Å². The maximum absolute atomic E-state index is 15.5. The van der Waals surface area contributed by atoms with Crippen LogP contribution in [0.5, 0.6) is 46.0 Å². The maximum atomic E-state index is 15.5. The van der Waals surface area contributed by atoms with Crippen molar-refractivity contribution in [3.8, 4) is 92.9 Å². The van der Waals surface area contributed by atoms with E-state index in [0.717, 1.165) is 24.3 Å². The first-order valence-corrected chi connectivity index (χ1v) is 19.7. The molecule has 0 unspecified atom stereocenters. The van der Waals surface area contributed by atoms with Crippen molar-refractivity contribution in [3.05, 3.63) is 171 Å². The Morgan fingerprint density at radius 3 is 0.914 bits per heavy atom. The minimum atomic E-state index is -6.14. The first-order chi connectivity index (χ1) is 32.9. The van der Waals surface area contributed by atoms with Gasteiger partial charge in [-0.15, -0.1) is 12.8 Å². The van der Waals surface area contributed by atoms with Crippen molar-refractivity contribution in [2.45, 2.75) is 4.90 Å².